The van der Waals surface area contributed by atoms with Crippen molar-refractivity contribution in [2.75, 3.05) is 0 Å². The van der Waals surface area contributed by atoms with Crippen LogP contribution in [0.3, 0.4) is 0 Å². The summed E-state index contributed by atoms with van der Waals surface area (Å²) in [5, 5.41) is 19.2. The number of halogens is 1. The fourth-order valence-electron chi connectivity index (χ4n) is 1.78. The molecule has 0 spiro atoms. The van der Waals surface area contributed by atoms with E-state index in [-0.39, 0.29) is 11.3 Å². The fourth-order valence-corrected chi connectivity index (χ4v) is 1.97. The molecular weight excluding hydrogens is 292 g/mol. The van der Waals surface area contributed by atoms with Crippen LogP contribution >= 0.6 is 11.6 Å². The molecule has 2 aromatic rings. The van der Waals surface area contributed by atoms with Gasteiger partial charge in [0.05, 0.1) is 5.56 Å². The predicted molar refractivity (Wildman–Crippen MR) is 79.5 cm³/mol. The van der Waals surface area contributed by atoms with Gasteiger partial charge in [-0.25, -0.2) is 4.79 Å². The Morgan fingerprint density at radius 1 is 1.00 bits per heavy atom. The minimum Gasteiger partial charge on any atom is -0.507 e. The van der Waals surface area contributed by atoms with E-state index in [9.17, 15) is 19.8 Å². The zero-order valence-corrected chi connectivity index (χ0v) is 11.5. The first kappa shape index (κ1) is 14.8. The zero-order chi connectivity index (χ0) is 15.4. The third kappa shape index (κ3) is 3.30. The van der Waals surface area contributed by atoms with Crippen LogP contribution in [0.25, 0.3) is 6.08 Å². The van der Waals surface area contributed by atoms with Crippen molar-refractivity contribution in [1.82, 2.24) is 0 Å². The summed E-state index contributed by atoms with van der Waals surface area (Å²) < 4.78 is 0. The zero-order valence-electron chi connectivity index (χ0n) is 10.8. The van der Waals surface area contributed by atoms with Crippen molar-refractivity contribution in [3.8, 4) is 5.75 Å². The van der Waals surface area contributed by atoms with Crippen LogP contribution in [0.5, 0.6) is 5.75 Å². The summed E-state index contributed by atoms with van der Waals surface area (Å²) in [5.74, 6) is -2.43. The number of rotatable bonds is 4. The molecule has 0 aromatic heterocycles. The maximum atomic E-state index is 12.3. The number of aliphatic carboxylic acids is 1. The molecule has 4 nitrogen and oxygen atoms in total. The van der Waals surface area contributed by atoms with E-state index in [4.69, 9.17) is 11.6 Å². The Balaban J connectivity index is 2.50. The standard InChI is InChI=1S/C16H11ClO4/c17-13-7-3-1-5-10(13)9-12(16(20)21)15(19)11-6-2-4-8-14(11)18/h1-9,18H,(H,20,21)/b12-9+. The normalized spacial score (nSPS) is 11.2. The van der Waals surface area contributed by atoms with Gasteiger partial charge in [0.2, 0.25) is 5.78 Å². The summed E-state index contributed by atoms with van der Waals surface area (Å²) >= 11 is 5.96. The average Bonchev–Trinajstić information content (AvgIpc) is 2.46. The molecule has 0 unspecified atom stereocenters. The Bertz CT molecular complexity index is 735. The Labute approximate surface area is 125 Å². The number of Topliss-reactive ketones (excluding diaryl/α,β-unsaturated/α-hetero) is 1. The van der Waals surface area contributed by atoms with Crippen LogP contribution in [0.15, 0.2) is 54.1 Å². The number of carbonyl (C=O) groups excluding carboxylic acids is 1. The molecule has 106 valence electrons. The number of benzene rings is 2. The van der Waals surface area contributed by atoms with Crippen molar-refractivity contribution in [2.24, 2.45) is 0 Å². The first-order chi connectivity index (χ1) is 10.0. The molecule has 0 saturated heterocycles. The Morgan fingerprint density at radius 2 is 1.62 bits per heavy atom. The van der Waals surface area contributed by atoms with E-state index in [0.717, 1.165) is 0 Å². The van der Waals surface area contributed by atoms with Crippen LogP contribution in [0, 0.1) is 0 Å². The molecule has 0 aliphatic rings. The van der Waals surface area contributed by atoms with Crippen molar-refractivity contribution in [3.05, 3.63) is 70.3 Å². The summed E-state index contributed by atoms with van der Waals surface area (Å²) in [6, 6.07) is 12.4. The topological polar surface area (TPSA) is 74.6 Å². The van der Waals surface area contributed by atoms with Crippen LogP contribution in [-0.2, 0) is 4.79 Å². The number of carboxylic acid groups (broad SMARTS) is 1. The van der Waals surface area contributed by atoms with Crippen molar-refractivity contribution >= 4 is 29.4 Å². The first-order valence-electron chi connectivity index (χ1n) is 6.03. The number of ketones is 1. The second-order valence-electron chi connectivity index (χ2n) is 4.23. The molecule has 0 aliphatic heterocycles. The molecule has 2 N–H and O–H groups in total. The molecule has 0 amide bonds. The molecule has 0 bridgehead atoms. The molecule has 0 atom stereocenters. The number of aromatic hydroxyl groups is 1. The van der Waals surface area contributed by atoms with Gasteiger partial charge < -0.3 is 10.2 Å². The van der Waals surface area contributed by atoms with Crippen LogP contribution in [0.2, 0.25) is 5.02 Å². The highest BCUT2D eigenvalue weighted by Gasteiger charge is 2.21. The highest BCUT2D eigenvalue weighted by Crippen LogP contribution is 2.23. The van der Waals surface area contributed by atoms with E-state index < -0.39 is 17.3 Å². The monoisotopic (exact) mass is 302 g/mol. The lowest BCUT2D eigenvalue weighted by Crippen LogP contribution is -2.12. The van der Waals surface area contributed by atoms with E-state index in [1.807, 2.05) is 0 Å². The number of phenols is 1. The van der Waals surface area contributed by atoms with Crippen LogP contribution in [0.4, 0.5) is 0 Å². The quantitative estimate of drug-likeness (QED) is 0.393. The van der Waals surface area contributed by atoms with Crippen LogP contribution in [-0.4, -0.2) is 22.0 Å². The molecule has 0 aliphatic carbocycles. The Morgan fingerprint density at radius 3 is 2.24 bits per heavy atom. The van der Waals surface area contributed by atoms with Gasteiger partial charge in [-0.3, -0.25) is 4.79 Å². The van der Waals surface area contributed by atoms with Gasteiger partial charge in [0, 0.05) is 5.02 Å². The summed E-state index contributed by atoms with van der Waals surface area (Å²) in [4.78, 5) is 23.6. The molecule has 21 heavy (non-hydrogen) atoms. The highest BCUT2D eigenvalue weighted by molar-refractivity contribution is 6.33. The molecule has 0 saturated carbocycles. The lowest BCUT2D eigenvalue weighted by molar-refractivity contribution is -0.132. The van der Waals surface area contributed by atoms with Crippen LogP contribution in [0.1, 0.15) is 15.9 Å². The smallest absolute Gasteiger partial charge is 0.339 e. The second-order valence-corrected chi connectivity index (χ2v) is 4.64. The molecule has 0 radical (unpaired) electrons. The summed E-state index contributed by atoms with van der Waals surface area (Å²) in [5.41, 5.74) is -0.122. The van der Waals surface area contributed by atoms with Crippen molar-refractivity contribution < 1.29 is 19.8 Å². The minimum absolute atomic E-state index is 0.0711. The third-order valence-electron chi connectivity index (χ3n) is 2.83. The third-order valence-corrected chi connectivity index (χ3v) is 3.17. The largest absolute Gasteiger partial charge is 0.507 e. The number of phenolic OH excluding ortho intramolecular Hbond substituents is 1. The van der Waals surface area contributed by atoms with E-state index in [0.29, 0.717) is 10.6 Å². The number of carboxylic acids is 1. The van der Waals surface area contributed by atoms with Crippen LogP contribution < -0.4 is 0 Å². The van der Waals surface area contributed by atoms with Crippen molar-refractivity contribution in [1.29, 1.82) is 0 Å². The SMILES string of the molecule is O=C(O)/C(=C/c1ccccc1Cl)C(=O)c1ccccc1O. The number of carbonyl (C=O) groups is 2. The van der Waals surface area contributed by atoms with Gasteiger partial charge in [0.1, 0.15) is 11.3 Å². The molecule has 0 fully saturated rings. The molecule has 2 aromatic carbocycles. The second kappa shape index (κ2) is 6.24. The molecular formula is C16H11ClO4. The number of hydrogen-bond donors (Lipinski definition) is 2. The van der Waals surface area contributed by atoms with Gasteiger partial charge in [-0.05, 0) is 29.8 Å². The molecule has 5 heteroatoms. The minimum atomic E-state index is -1.39. The highest BCUT2D eigenvalue weighted by atomic mass is 35.5. The summed E-state index contributed by atoms with van der Waals surface area (Å²) in [6.07, 6.45) is 1.19. The van der Waals surface area contributed by atoms with Crippen molar-refractivity contribution in [2.45, 2.75) is 0 Å². The Kier molecular flexibility index (Phi) is 4.40. The summed E-state index contributed by atoms with van der Waals surface area (Å²) in [7, 11) is 0. The fraction of sp³-hybridized carbons (Fsp3) is 0. The molecule has 0 heterocycles. The molecule has 2 rings (SSSR count). The van der Waals surface area contributed by atoms with E-state index >= 15 is 0 Å². The lowest BCUT2D eigenvalue weighted by atomic mass is 10.0. The van der Waals surface area contributed by atoms with E-state index in [2.05, 4.69) is 0 Å². The van der Waals surface area contributed by atoms with Gasteiger partial charge in [0.15, 0.2) is 0 Å². The lowest BCUT2D eigenvalue weighted by Gasteiger charge is -2.05. The van der Waals surface area contributed by atoms with E-state index in [1.165, 1.54) is 18.2 Å². The van der Waals surface area contributed by atoms with Gasteiger partial charge in [-0.1, -0.05) is 41.9 Å². The van der Waals surface area contributed by atoms with Gasteiger partial charge in [0.25, 0.3) is 0 Å². The number of para-hydroxylation sites is 1. The Hall–Kier alpha value is -2.59. The summed E-state index contributed by atoms with van der Waals surface area (Å²) in [6.45, 7) is 0. The van der Waals surface area contributed by atoms with Gasteiger partial charge in [-0.2, -0.15) is 0 Å². The number of hydrogen-bond acceptors (Lipinski definition) is 3. The average molecular weight is 303 g/mol. The predicted octanol–water partition coefficient (Wildman–Crippen LogP) is 3.40. The van der Waals surface area contributed by atoms with Gasteiger partial charge in [-0.15, -0.1) is 0 Å². The van der Waals surface area contributed by atoms with Crippen molar-refractivity contribution in [3.63, 3.8) is 0 Å². The maximum Gasteiger partial charge on any atom is 0.339 e. The van der Waals surface area contributed by atoms with Gasteiger partial charge >= 0.3 is 5.97 Å². The van der Waals surface area contributed by atoms with E-state index in [1.54, 1.807) is 36.4 Å². The first-order valence-corrected chi connectivity index (χ1v) is 6.40. The maximum absolute atomic E-state index is 12.3.